The molecule has 0 aliphatic heterocycles. The van der Waals surface area contributed by atoms with E-state index in [1.54, 1.807) is 18.2 Å². The van der Waals surface area contributed by atoms with Crippen molar-refractivity contribution in [3.8, 4) is 0 Å². The molecule has 2 N–H and O–H groups in total. The summed E-state index contributed by atoms with van der Waals surface area (Å²) >= 11 is 0. The van der Waals surface area contributed by atoms with Gasteiger partial charge in [-0.3, -0.25) is 9.59 Å². The van der Waals surface area contributed by atoms with Crippen LogP contribution in [0.4, 0.5) is 5.69 Å². The number of hydrogen-bond acceptors (Lipinski definition) is 4. The zero-order valence-corrected chi connectivity index (χ0v) is 17.1. The first-order chi connectivity index (χ1) is 13.8. The number of nitrogens with one attached hydrogen (secondary N) is 2. The molecule has 29 heavy (non-hydrogen) atoms. The standard InChI is InChI=1S/C23H26N2O4/c1-15(2)19-12-8-9-13-20(19)25-22(27)16(3)29-23(28)21(24-17(4)26)14-18-10-6-5-7-11-18/h5-16H,1-4H3,(H,24,26)(H,25,27)/b21-14-/t16-/m0/s1. The summed E-state index contributed by atoms with van der Waals surface area (Å²) in [5, 5.41) is 5.27. The van der Waals surface area contributed by atoms with Gasteiger partial charge in [-0.05, 0) is 36.1 Å². The summed E-state index contributed by atoms with van der Waals surface area (Å²) in [6.07, 6.45) is 0.457. The Morgan fingerprint density at radius 2 is 1.55 bits per heavy atom. The predicted octanol–water partition coefficient (Wildman–Crippen LogP) is 3.86. The zero-order valence-electron chi connectivity index (χ0n) is 17.1. The van der Waals surface area contributed by atoms with E-state index in [1.165, 1.54) is 19.9 Å². The van der Waals surface area contributed by atoms with Crippen molar-refractivity contribution in [1.82, 2.24) is 5.32 Å². The molecule has 0 fully saturated rings. The van der Waals surface area contributed by atoms with Crippen LogP contribution in [0.25, 0.3) is 6.08 Å². The van der Waals surface area contributed by atoms with Crippen molar-refractivity contribution in [2.45, 2.75) is 39.7 Å². The first-order valence-corrected chi connectivity index (χ1v) is 9.43. The van der Waals surface area contributed by atoms with E-state index in [0.29, 0.717) is 5.69 Å². The quantitative estimate of drug-likeness (QED) is 0.552. The topological polar surface area (TPSA) is 84.5 Å². The lowest BCUT2D eigenvalue weighted by molar-refractivity contribution is -0.149. The molecule has 0 bridgehead atoms. The molecule has 6 nitrogen and oxygen atoms in total. The summed E-state index contributed by atoms with van der Waals surface area (Å²) in [6, 6.07) is 16.5. The number of para-hydroxylation sites is 1. The van der Waals surface area contributed by atoms with Gasteiger partial charge in [0.1, 0.15) is 5.70 Å². The van der Waals surface area contributed by atoms with E-state index >= 15 is 0 Å². The van der Waals surface area contributed by atoms with Gasteiger partial charge >= 0.3 is 5.97 Å². The molecule has 0 unspecified atom stereocenters. The van der Waals surface area contributed by atoms with Gasteiger partial charge in [0.15, 0.2) is 6.10 Å². The fourth-order valence-electron chi connectivity index (χ4n) is 2.68. The van der Waals surface area contributed by atoms with Crippen LogP contribution < -0.4 is 10.6 Å². The highest BCUT2D eigenvalue weighted by atomic mass is 16.5. The highest BCUT2D eigenvalue weighted by Gasteiger charge is 2.22. The normalized spacial score (nSPS) is 12.2. The molecule has 2 aromatic carbocycles. The number of amides is 2. The van der Waals surface area contributed by atoms with E-state index < -0.39 is 23.9 Å². The Labute approximate surface area is 171 Å². The van der Waals surface area contributed by atoms with Crippen molar-refractivity contribution >= 4 is 29.5 Å². The van der Waals surface area contributed by atoms with Crippen molar-refractivity contribution in [2.24, 2.45) is 0 Å². The van der Waals surface area contributed by atoms with E-state index in [1.807, 2.05) is 50.2 Å². The highest BCUT2D eigenvalue weighted by Crippen LogP contribution is 2.24. The maximum absolute atomic E-state index is 12.5. The van der Waals surface area contributed by atoms with Crippen LogP contribution >= 0.6 is 0 Å². The van der Waals surface area contributed by atoms with E-state index in [9.17, 15) is 14.4 Å². The summed E-state index contributed by atoms with van der Waals surface area (Å²) in [7, 11) is 0. The number of carbonyl (C=O) groups is 3. The summed E-state index contributed by atoms with van der Waals surface area (Å²) in [5.41, 5.74) is 2.35. The minimum absolute atomic E-state index is 0.0362. The molecule has 2 aromatic rings. The maximum atomic E-state index is 12.5. The number of benzene rings is 2. The third kappa shape index (κ3) is 6.60. The van der Waals surface area contributed by atoms with Crippen molar-refractivity contribution in [3.05, 3.63) is 71.4 Å². The van der Waals surface area contributed by atoms with Gasteiger partial charge in [0.2, 0.25) is 5.91 Å². The van der Waals surface area contributed by atoms with Crippen LogP contribution in [0.15, 0.2) is 60.3 Å². The molecule has 0 heterocycles. The maximum Gasteiger partial charge on any atom is 0.355 e. The van der Waals surface area contributed by atoms with E-state index in [4.69, 9.17) is 4.74 Å². The molecule has 0 saturated carbocycles. The monoisotopic (exact) mass is 394 g/mol. The van der Waals surface area contributed by atoms with Gasteiger partial charge in [-0.25, -0.2) is 4.79 Å². The number of ether oxygens (including phenoxy) is 1. The Balaban J connectivity index is 2.12. The number of anilines is 1. The van der Waals surface area contributed by atoms with Crippen LogP contribution in [0.1, 0.15) is 44.7 Å². The Morgan fingerprint density at radius 3 is 2.17 bits per heavy atom. The number of hydrogen-bond donors (Lipinski definition) is 2. The van der Waals surface area contributed by atoms with Crippen LogP contribution in [0.3, 0.4) is 0 Å². The van der Waals surface area contributed by atoms with Gasteiger partial charge in [0, 0.05) is 12.6 Å². The van der Waals surface area contributed by atoms with Crippen molar-refractivity contribution in [1.29, 1.82) is 0 Å². The molecular weight excluding hydrogens is 368 g/mol. The first-order valence-electron chi connectivity index (χ1n) is 9.43. The molecule has 0 spiro atoms. The smallest absolute Gasteiger partial charge is 0.355 e. The van der Waals surface area contributed by atoms with Gasteiger partial charge in [-0.1, -0.05) is 62.4 Å². The fraction of sp³-hybridized carbons (Fsp3) is 0.261. The summed E-state index contributed by atoms with van der Waals surface area (Å²) in [5.74, 6) is -1.42. The van der Waals surface area contributed by atoms with Crippen LogP contribution in [0.2, 0.25) is 0 Å². The average molecular weight is 394 g/mol. The van der Waals surface area contributed by atoms with E-state index in [0.717, 1.165) is 11.1 Å². The number of carbonyl (C=O) groups excluding carboxylic acids is 3. The van der Waals surface area contributed by atoms with Crippen LogP contribution in [0.5, 0.6) is 0 Å². The van der Waals surface area contributed by atoms with Crippen LogP contribution in [-0.4, -0.2) is 23.9 Å². The molecular formula is C23H26N2O4. The van der Waals surface area contributed by atoms with Crippen LogP contribution in [-0.2, 0) is 19.1 Å². The SMILES string of the molecule is CC(=O)N/C(=C\c1ccccc1)C(=O)O[C@@H](C)C(=O)Nc1ccccc1C(C)C. The lowest BCUT2D eigenvalue weighted by Gasteiger charge is -2.17. The van der Waals surface area contributed by atoms with Gasteiger partial charge in [0.25, 0.3) is 5.91 Å². The molecule has 0 aliphatic rings. The largest absolute Gasteiger partial charge is 0.448 e. The molecule has 0 radical (unpaired) electrons. The predicted molar refractivity (Wildman–Crippen MR) is 113 cm³/mol. The third-order valence-electron chi connectivity index (χ3n) is 4.13. The summed E-state index contributed by atoms with van der Waals surface area (Å²) in [4.78, 5) is 36.5. The van der Waals surface area contributed by atoms with Crippen molar-refractivity contribution < 1.29 is 19.1 Å². The van der Waals surface area contributed by atoms with Crippen molar-refractivity contribution in [3.63, 3.8) is 0 Å². The summed E-state index contributed by atoms with van der Waals surface area (Å²) < 4.78 is 5.29. The molecule has 2 amide bonds. The Morgan fingerprint density at radius 1 is 0.931 bits per heavy atom. The lowest BCUT2D eigenvalue weighted by atomic mass is 10.0. The Kier molecular flexibility index (Phi) is 7.71. The number of esters is 1. The molecule has 1 atom stereocenters. The molecule has 6 heteroatoms. The van der Waals surface area contributed by atoms with E-state index in [2.05, 4.69) is 10.6 Å². The lowest BCUT2D eigenvalue weighted by Crippen LogP contribution is -2.34. The van der Waals surface area contributed by atoms with Gasteiger partial charge in [-0.2, -0.15) is 0 Å². The average Bonchev–Trinajstić information content (AvgIpc) is 2.68. The second-order valence-corrected chi connectivity index (χ2v) is 6.93. The first kappa shape index (κ1) is 21.9. The summed E-state index contributed by atoms with van der Waals surface area (Å²) in [6.45, 7) is 6.84. The molecule has 152 valence electrons. The minimum Gasteiger partial charge on any atom is -0.448 e. The molecule has 2 rings (SSSR count). The number of rotatable bonds is 7. The molecule has 0 aromatic heterocycles. The third-order valence-corrected chi connectivity index (χ3v) is 4.13. The molecule has 0 aliphatic carbocycles. The zero-order chi connectivity index (χ0) is 21.4. The van der Waals surface area contributed by atoms with Crippen molar-refractivity contribution in [2.75, 3.05) is 5.32 Å². The van der Waals surface area contributed by atoms with Gasteiger partial charge in [-0.15, -0.1) is 0 Å². The van der Waals surface area contributed by atoms with Crippen LogP contribution in [0, 0.1) is 0 Å². The fourth-order valence-corrected chi connectivity index (χ4v) is 2.68. The second-order valence-electron chi connectivity index (χ2n) is 6.93. The highest BCUT2D eigenvalue weighted by molar-refractivity contribution is 6.00. The van der Waals surface area contributed by atoms with Gasteiger partial charge < -0.3 is 15.4 Å². The van der Waals surface area contributed by atoms with E-state index in [-0.39, 0.29) is 11.6 Å². The Hall–Kier alpha value is -3.41. The minimum atomic E-state index is -1.05. The van der Waals surface area contributed by atoms with Gasteiger partial charge in [0.05, 0.1) is 0 Å². The second kappa shape index (κ2) is 10.2. The Bertz CT molecular complexity index is 904. The molecule has 0 saturated heterocycles.